The molecule has 1 fully saturated rings. The van der Waals surface area contributed by atoms with Gasteiger partial charge in [-0.05, 0) is 56.2 Å². The Morgan fingerprint density at radius 2 is 1.65 bits per heavy atom. The van der Waals surface area contributed by atoms with E-state index in [1.54, 1.807) is 36.4 Å². The lowest BCUT2D eigenvalue weighted by molar-refractivity contribution is 0.102. The van der Waals surface area contributed by atoms with Gasteiger partial charge in [0.05, 0.1) is 0 Å². The summed E-state index contributed by atoms with van der Waals surface area (Å²) in [7, 11) is 0. The second kappa shape index (κ2) is 6.48. The molecule has 0 saturated heterocycles. The number of urea groups is 1. The van der Waals surface area contributed by atoms with Gasteiger partial charge in [-0.2, -0.15) is 0 Å². The minimum atomic E-state index is -0.263. The Labute approximate surface area is 134 Å². The summed E-state index contributed by atoms with van der Waals surface area (Å²) in [4.78, 5) is 27.9. The Kier molecular flexibility index (Phi) is 4.23. The zero-order chi connectivity index (χ0) is 16.2. The van der Waals surface area contributed by atoms with Crippen molar-refractivity contribution in [2.75, 3.05) is 10.6 Å². The molecule has 6 nitrogen and oxygen atoms in total. The molecule has 118 valence electrons. The van der Waals surface area contributed by atoms with Crippen LogP contribution in [-0.2, 0) is 0 Å². The van der Waals surface area contributed by atoms with Crippen molar-refractivity contribution in [1.29, 1.82) is 0 Å². The number of aromatic nitrogens is 1. The van der Waals surface area contributed by atoms with Crippen molar-refractivity contribution in [3.63, 3.8) is 0 Å². The van der Waals surface area contributed by atoms with E-state index in [0.29, 0.717) is 23.1 Å². The zero-order valence-electron chi connectivity index (χ0n) is 12.8. The predicted octanol–water partition coefficient (Wildman–Crippen LogP) is 2.93. The summed E-state index contributed by atoms with van der Waals surface area (Å²) in [5, 5.41) is 8.38. The highest BCUT2D eigenvalue weighted by atomic mass is 16.2. The smallest absolute Gasteiger partial charge is 0.319 e. The van der Waals surface area contributed by atoms with Gasteiger partial charge in [-0.1, -0.05) is 6.07 Å². The predicted molar refractivity (Wildman–Crippen MR) is 88.5 cm³/mol. The number of amides is 3. The van der Waals surface area contributed by atoms with E-state index in [1.165, 1.54) is 0 Å². The van der Waals surface area contributed by atoms with Gasteiger partial charge in [-0.3, -0.25) is 4.79 Å². The highest BCUT2D eigenvalue weighted by molar-refractivity contribution is 6.03. The van der Waals surface area contributed by atoms with Gasteiger partial charge in [0.15, 0.2) is 0 Å². The molecule has 6 heteroatoms. The molecule has 1 aliphatic carbocycles. The molecule has 0 radical (unpaired) electrons. The SMILES string of the molecule is Cc1cccc(C(=O)Nc2ccc(NC(=O)NC3CC3)cc2)n1. The number of carbonyl (C=O) groups is 2. The molecular formula is C17H18N4O2. The molecule has 1 heterocycles. The molecular weight excluding hydrogens is 292 g/mol. The molecule has 3 rings (SSSR count). The fraction of sp³-hybridized carbons (Fsp3) is 0.235. The number of hydrogen-bond acceptors (Lipinski definition) is 3. The Balaban J connectivity index is 1.58. The third kappa shape index (κ3) is 4.29. The Bertz CT molecular complexity index is 724. The van der Waals surface area contributed by atoms with Gasteiger partial charge in [-0.15, -0.1) is 0 Å². The number of nitrogens with zero attached hydrogens (tertiary/aromatic N) is 1. The fourth-order valence-corrected chi connectivity index (χ4v) is 2.08. The van der Waals surface area contributed by atoms with Crippen LogP contribution >= 0.6 is 0 Å². The monoisotopic (exact) mass is 310 g/mol. The van der Waals surface area contributed by atoms with E-state index >= 15 is 0 Å². The first-order valence-electron chi connectivity index (χ1n) is 7.53. The van der Waals surface area contributed by atoms with Crippen molar-refractivity contribution in [3.8, 4) is 0 Å². The molecule has 23 heavy (non-hydrogen) atoms. The van der Waals surface area contributed by atoms with Crippen LogP contribution < -0.4 is 16.0 Å². The largest absolute Gasteiger partial charge is 0.335 e. The average Bonchev–Trinajstić information content (AvgIpc) is 3.33. The first kappa shape index (κ1) is 15.0. The first-order chi connectivity index (χ1) is 11.1. The van der Waals surface area contributed by atoms with Crippen molar-refractivity contribution >= 4 is 23.3 Å². The van der Waals surface area contributed by atoms with Gasteiger partial charge in [0.1, 0.15) is 5.69 Å². The maximum Gasteiger partial charge on any atom is 0.319 e. The van der Waals surface area contributed by atoms with Crippen LogP contribution in [0.25, 0.3) is 0 Å². The lowest BCUT2D eigenvalue weighted by Gasteiger charge is -2.08. The van der Waals surface area contributed by atoms with Crippen molar-refractivity contribution < 1.29 is 9.59 Å². The number of benzene rings is 1. The number of anilines is 2. The van der Waals surface area contributed by atoms with E-state index in [2.05, 4.69) is 20.9 Å². The van der Waals surface area contributed by atoms with Crippen molar-refractivity contribution in [2.45, 2.75) is 25.8 Å². The van der Waals surface area contributed by atoms with E-state index in [4.69, 9.17) is 0 Å². The average molecular weight is 310 g/mol. The minimum absolute atomic E-state index is 0.201. The number of hydrogen-bond donors (Lipinski definition) is 3. The van der Waals surface area contributed by atoms with E-state index in [0.717, 1.165) is 18.5 Å². The number of pyridine rings is 1. The van der Waals surface area contributed by atoms with Gasteiger partial charge in [0.2, 0.25) is 0 Å². The van der Waals surface area contributed by atoms with Crippen LogP contribution in [0.4, 0.5) is 16.2 Å². The topological polar surface area (TPSA) is 83.1 Å². The summed E-state index contributed by atoms with van der Waals surface area (Å²) in [6.07, 6.45) is 2.09. The number of aryl methyl sites for hydroxylation is 1. The summed E-state index contributed by atoms with van der Waals surface area (Å²) < 4.78 is 0. The van der Waals surface area contributed by atoms with Gasteiger partial charge >= 0.3 is 6.03 Å². The van der Waals surface area contributed by atoms with Crippen LogP contribution in [0.5, 0.6) is 0 Å². The van der Waals surface area contributed by atoms with E-state index in [1.807, 2.05) is 13.0 Å². The second-order valence-corrected chi connectivity index (χ2v) is 5.57. The zero-order valence-corrected chi connectivity index (χ0v) is 12.8. The highest BCUT2D eigenvalue weighted by Crippen LogP contribution is 2.19. The van der Waals surface area contributed by atoms with Crippen LogP contribution in [0, 0.1) is 6.92 Å². The second-order valence-electron chi connectivity index (χ2n) is 5.57. The molecule has 1 saturated carbocycles. The van der Waals surface area contributed by atoms with Gasteiger partial charge in [0.25, 0.3) is 5.91 Å². The Morgan fingerprint density at radius 1 is 1.00 bits per heavy atom. The lowest BCUT2D eigenvalue weighted by Crippen LogP contribution is -2.30. The number of rotatable bonds is 4. The van der Waals surface area contributed by atoms with E-state index < -0.39 is 0 Å². The Hall–Kier alpha value is -2.89. The van der Waals surface area contributed by atoms with Crippen molar-refractivity contribution in [1.82, 2.24) is 10.3 Å². The summed E-state index contributed by atoms with van der Waals surface area (Å²) >= 11 is 0. The lowest BCUT2D eigenvalue weighted by atomic mass is 10.2. The molecule has 0 spiro atoms. The van der Waals surface area contributed by atoms with Gasteiger partial charge in [-0.25, -0.2) is 9.78 Å². The summed E-state index contributed by atoms with van der Waals surface area (Å²) in [5.74, 6) is -0.263. The quantitative estimate of drug-likeness (QED) is 0.812. The van der Waals surface area contributed by atoms with Crippen LogP contribution in [0.15, 0.2) is 42.5 Å². The van der Waals surface area contributed by atoms with E-state index in [-0.39, 0.29) is 11.9 Å². The molecule has 1 aliphatic rings. The molecule has 0 atom stereocenters. The van der Waals surface area contributed by atoms with Gasteiger partial charge in [0, 0.05) is 23.1 Å². The Morgan fingerprint density at radius 3 is 2.26 bits per heavy atom. The van der Waals surface area contributed by atoms with Gasteiger partial charge < -0.3 is 16.0 Å². The maximum atomic E-state index is 12.1. The molecule has 1 aromatic carbocycles. The normalized spacial score (nSPS) is 13.3. The first-order valence-corrected chi connectivity index (χ1v) is 7.53. The molecule has 0 unspecified atom stereocenters. The third-order valence-electron chi connectivity index (χ3n) is 3.43. The number of carbonyl (C=O) groups excluding carboxylic acids is 2. The third-order valence-corrected chi connectivity index (χ3v) is 3.43. The molecule has 0 bridgehead atoms. The molecule has 3 N–H and O–H groups in total. The fourth-order valence-electron chi connectivity index (χ4n) is 2.08. The summed E-state index contributed by atoms with van der Waals surface area (Å²) in [6.45, 7) is 1.84. The van der Waals surface area contributed by atoms with Crippen LogP contribution in [0.2, 0.25) is 0 Å². The van der Waals surface area contributed by atoms with E-state index in [9.17, 15) is 9.59 Å². The van der Waals surface area contributed by atoms with Crippen molar-refractivity contribution in [2.24, 2.45) is 0 Å². The molecule has 1 aromatic heterocycles. The maximum absolute atomic E-state index is 12.1. The van der Waals surface area contributed by atoms with Crippen LogP contribution in [0.3, 0.4) is 0 Å². The standard InChI is InChI=1S/C17H18N4O2/c1-11-3-2-4-15(18-11)16(22)19-12-5-7-13(8-6-12)20-17(23)21-14-9-10-14/h2-8,14H,9-10H2,1H3,(H,19,22)(H2,20,21,23). The van der Waals surface area contributed by atoms with Crippen LogP contribution in [0.1, 0.15) is 29.0 Å². The summed E-state index contributed by atoms with van der Waals surface area (Å²) in [6, 6.07) is 12.4. The highest BCUT2D eigenvalue weighted by Gasteiger charge is 2.23. The minimum Gasteiger partial charge on any atom is -0.335 e. The summed E-state index contributed by atoms with van der Waals surface area (Å²) in [5.41, 5.74) is 2.48. The molecule has 3 amide bonds. The molecule has 0 aliphatic heterocycles. The van der Waals surface area contributed by atoms with Crippen LogP contribution in [-0.4, -0.2) is 23.0 Å². The molecule has 2 aromatic rings. The number of nitrogens with one attached hydrogen (secondary N) is 3. The van der Waals surface area contributed by atoms with Crippen molar-refractivity contribution in [3.05, 3.63) is 53.9 Å².